The zero-order chi connectivity index (χ0) is 22.9. The van der Waals surface area contributed by atoms with E-state index in [0.29, 0.717) is 18.4 Å². The standard InChI is InChI=1S/C20H15F3N2O6S/c21-20(22,23)15-9-13(24-19(26)12-5-6-29-11-12)1-3-16(15)25-32(27,28)14-2-4-17-18(10-14)31-8-7-30-17/h1-6,9-11,25H,7-8H2,(H,24,26). The summed E-state index contributed by atoms with van der Waals surface area (Å²) in [6, 6.07) is 7.78. The summed E-state index contributed by atoms with van der Waals surface area (Å²) < 4.78 is 83.8. The molecular formula is C20H15F3N2O6S. The number of anilines is 2. The molecule has 0 atom stereocenters. The number of alkyl halides is 3. The van der Waals surface area contributed by atoms with Crippen LogP contribution in [0.4, 0.5) is 24.5 Å². The summed E-state index contributed by atoms with van der Waals surface area (Å²) in [5.41, 5.74) is -2.04. The van der Waals surface area contributed by atoms with Crippen LogP contribution in [-0.2, 0) is 16.2 Å². The van der Waals surface area contributed by atoms with E-state index < -0.39 is 33.4 Å². The molecule has 0 saturated heterocycles. The average molecular weight is 468 g/mol. The molecule has 0 fully saturated rings. The van der Waals surface area contributed by atoms with E-state index >= 15 is 0 Å². The molecule has 1 aliphatic rings. The van der Waals surface area contributed by atoms with Gasteiger partial charge in [-0.2, -0.15) is 13.2 Å². The predicted octanol–water partition coefficient (Wildman–Crippen LogP) is 4.12. The van der Waals surface area contributed by atoms with Crippen molar-refractivity contribution in [2.45, 2.75) is 11.1 Å². The lowest BCUT2D eigenvalue weighted by atomic mass is 10.1. The number of hydrogen-bond donors (Lipinski definition) is 2. The van der Waals surface area contributed by atoms with Gasteiger partial charge in [-0.25, -0.2) is 8.42 Å². The van der Waals surface area contributed by atoms with E-state index in [2.05, 4.69) is 5.32 Å². The lowest BCUT2D eigenvalue weighted by molar-refractivity contribution is -0.136. The second-order valence-electron chi connectivity index (χ2n) is 6.64. The fourth-order valence-corrected chi connectivity index (χ4v) is 4.03. The highest BCUT2D eigenvalue weighted by Crippen LogP contribution is 2.38. The summed E-state index contributed by atoms with van der Waals surface area (Å²) in [4.78, 5) is 11.8. The SMILES string of the molecule is O=C(Nc1ccc(NS(=O)(=O)c2ccc3c(c2)OCCO3)c(C(F)(F)F)c1)c1ccoc1. The van der Waals surface area contributed by atoms with Crippen LogP contribution in [0, 0.1) is 0 Å². The molecule has 0 saturated carbocycles. The zero-order valence-electron chi connectivity index (χ0n) is 16.1. The lowest BCUT2D eigenvalue weighted by Crippen LogP contribution is -2.19. The quantitative estimate of drug-likeness (QED) is 0.583. The highest BCUT2D eigenvalue weighted by molar-refractivity contribution is 7.92. The van der Waals surface area contributed by atoms with Gasteiger partial charge in [-0.15, -0.1) is 0 Å². The van der Waals surface area contributed by atoms with Gasteiger partial charge in [0.15, 0.2) is 11.5 Å². The van der Waals surface area contributed by atoms with Gasteiger partial charge in [0, 0.05) is 11.8 Å². The Labute approximate surface area is 180 Å². The van der Waals surface area contributed by atoms with Crippen LogP contribution in [-0.4, -0.2) is 27.5 Å². The van der Waals surface area contributed by atoms with E-state index in [-0.39, 0.29) is 28.5 Å². The summed E-state index contributed by atoms with van der Waals surface area (Å²) in [6.45, 7) is 0.518. The van der Waals surface area contributed by atoms with Gasteiger partial charge in [0.1, 0.15) is 19.5 Å². The maximum Gasteiger partial charge on any atom is 0.418 e. The highest BCUT2D eigenvalue weighted by atomic mass is 32.2. The summed E-state index contributed by atoms with van der Waals surface area (Å²) >= 11 is 0. The molecule has 0 spiro atoms. The zero-order valence-corrected chi connectivity index (χ0v) is 16.9. The van der Waals surface area contributed by atoms with E-state index in [0.717, 1.165) is 18.4 Å². The Morgan fingerprint density at radius 2 is 1.72 bits per heavy atom. The van der Waals surface area contributed by atoms with Crippen molar-refractivity contribution in [3.8, 4) is 11.5 Å². The van der Waals surface area contributed by atoms with Crippen LogP contribution in [0.15, 0.2) is 64.3 Å². The first-order valence-corrected chi connectivity index (χ1v) is 10.6. The number of rotatable bonds is 5. The minimum Gasteiger partial charge on any atom is -0.486 e. The third-order valence-electron chi connectivity index (χ3n) is 4.43. The van der Waals surface area contributed by atoms with Gasteiger partial charge in [0.25, 0.3) is 15.9 Å². The Bertz CT molecular complexity index is 1260. The van der Waals surface area contributed by atoms with E-state index in [4.69, 9.17) is 13.9 Å². The van der Waals surface area contributed by atoms with Crippen LogP contribution in [0.25, 0.3) is 0 Å². The number of hydrogen-bond acceptors (Lipinski definition) is 6. The van der Waals surface area contributed by atoms with E-state index in [9.17, 15) is 26.4 Å². The van der Waals surface area contributed by atoms with Crippen LogP contribution in [0.2, 0.25) is 0 Å². The smallest absolute Gasteiger partial charge is 0.418 e. The first kappa shape index (κ1) is 21.6. The van der Waals surface area contributed by atoms with Crippen molar-refractivity contribution in [1.82, 2.24) is 0 Å². The van der Waals surface area contributed by atoms with Crippen molar-refractivity contribution in [3.63, 3.8) is 0 Å². The van der Waals surface area contributed by atoms with Crippen molar-refractivity contribution in [1.29, 1.82) is 0 Å². The largest absolute Gasteiger partial charge is 0.486 e. The fourth-order valence-electron chi connectivity index (χ4n) is 2.94. The van der Waals surface area contributed by atoms with Crippen molar-refractivity contribution < 1.29 is 40.3 Å². The Hall–Kier alpha value is -3.67. The number of carbonyl (C=O) groups excluding carboxylic acids is 1. The second-order valence-corrected chi connectivity index (χ2v) is 8.32. The van der Waals surface area contributed by atoms with Crippen molar-refractivity contribution in [2.24, 2.45) is 0 Å². The monoisotopic (exact) mass is 468 g/mol. The molecular weight excluding hydrogens is 453 g/mol. The number of ether oxygens (including phenoxy) is 2. The number of carbonyl (C=O) groups is 1. The molecule has 1 amide bonds. The van der Waals surface area contributed by atoms with Crippen LogP contribution in [0.1, 0.15) is 15.9 Å². The fraction of sp³-hybridized carbons (Fsp3) is 0.150. The molecule has 1 aliphatic heterocycles. The molecule has 32 heavy (non-hydrogen) atoms. The minimum absolute atomic E-state index is 0.113. The number of fused-ring (bicyclic) bond motifs is 1. The lowest BCUT2D eigenvalue weighted by Gasteiger charge is -2.20. The van der Waals surface area contributed by atoms with Crippen molar-refractivity contribution in [2.75, 3.05) is 23.3 Å². The maximum absolute atomic E-state index is 13.6. The first-order chi connectivity index (χ1) is 15.1. The molecule has 0 unspecified atom stereocenters. The van der Waals surface area contributed by atoms with Crippen LogP contribution in [0.5, 0.6) is 11.5 Å². The molecule has 8 nitrogen and oxygen atoms in total. The molecule has 12 heteroatoms. The van der Waals surface area contributed by atoms with Crippen LogP contribution < -0.4 is 19.5 Å². The molecule has 2 heterocycles. The molecule has 3 aromatic rings. The number of benzene rings is 2. The van der Waals surface area contributed by atoms with Gasteiger partial charge in [-0.3, -0.25) is 9.52 Å². The van der Waals surface area contributed by atoms with Crippen molar-refractivity contribution in [3.05, 3.63) is 66.1 Å². The highest BCUT2D eigenvalue weighted by Gasteiger charge is 2.35. The average Bonchev–Trinajstić information content (AvgIpc) is 3.28. The van der Waals surface area contributed by atoms with Gasteiger partial charge in [-0.1, -0.05) is 0 Å². The summed E-state index contributed by atoms with van der Waals surface area (Å²) in [7, 11) is -4.39. The maximum atomic E-state index is 13.6. The van der Waals surface area contributed by atoms with Crippen LogP contribution in [0.3, 0.4) is 0 Å². The Kier molecular flexibility index (Phi) is 5.46. The molecule has 2 N–H and O–H groups in total. The van der Waals surface area contributed by atoms with Gasteiger partial charge in [-0.05, 0) is 36.4 Å². The molecule has 2 aromatic carbocycles. The molecule has 0 radical (unpaired) electrons. The third-order valence-corrected chi connectivity index (χ3v) is 5.80. The molecule has 0 aliphatic carbocycles. The van der Waals surface area contributed by atoms with Gasteiger partial charge >= 0.3 is 6.18 Å². The van der Waals surface area contributed by atoms with Crippen molar-refractivity contribution >= 4 is 27.3 Å². The van der Waals surface area contributed by atoms with E-state index in [1.807, 2.05) is 4.72 Å². The summed E-state index contributed by atoms with van der Waals surface area (Å²) in [5, 5.41) is 2.31. The second kappa shape index (κ2) is 8.11. The van der Waals surface area contributed by atoms with Gasteiger partial charge in [0.2, 0.25) is 0 Å². The summed E-state index contributed by atoms with van der Waals surface area (Å²) in [6.07, 6.45) is -2.53. The number of halogens is 3. The number of amides is 1. The minimum atomic E-state index is -4.90. The first-order valence-electron chi connectivity index (χ1n) is 9.11. The normalized spacial score (nSPS) is 13.5. The summed E-state index contributed by atoms with van der Waals surface area (Å²) in [5.74, 6) is -0.173. The molecule has 168 valence electrons. The molecule has 0 bridgehead atoms. The predicted molar refractivity (Wildman–Crippen MR) is 106 cm³/mol. The Balaban J connectivity index is 1.63. The Morgan fingerprint density at radius 1 is 0.969 bits per heavy atom. The number of sulfonamides is 1. The molecule has 1 aromatic heterocycles. The van der Waals surface area contributed by atoms with Gasteiger partial charge in [0.05, 0.1) is 28.0 Å². The van der Waals surface area contributed by atoms with Gasteiger partial charge < -0.3 is 19.2 Å². The number of nitrogens with one attached hydrogen (secondary N) is 2. The number of furan rings is 1. The van der Waals surface area contributed by atoms with E-state index in [1.54, 1.807) is 0 Å². The van der Waals surface area contributed by atoms with E-state index in [1.165, 1.54) is 30.5 Å². The van der Waals surface area contributed by atoms with Crippen LogP contribution >= 0.6 is 0 Å². The molecule has 4 rings (SSSR count). The Morgan fingerprint density at radius 3 is 2.41 bits per heavy atom. The third kappa shape index (κ3) is 4.49. The topological polar surface area (TPSA) is 107 Å².